The summed E-state index contributed by atoms with van der Waals surface area (Å²) in [4.78, 5) is 36.1. The first-order valence-corrected chi connectivity index (χ1v) is 10.8. The van der Waals surface area contributed by atoms with Gasteiger partial charge in [-0.05, 0) is 36.3 Å². The van der Waals surface area contributed by atoms with E-state index >= 15 is 0 Å². The van der Waals surface area contributed by atoms with Crippen LogP contribution in [0.3, 0.4) is 0 Å². The molecule has 6 heteroatoms. The lowest BCUT2D eigenvalue weighted by molar-refractivity contribution is 0.0970. The number of nitrogens with zero attached hydrogens (tertiary/aromatic N) is 3. The summed E-state index contributed by atoms with van der Waals surface area (Å²) in [5, 5.41) is 1.04. The van der Waals surface area contributed by atoms with Crippen LogP contribution in [0.4, 0.5) is 0 Å². The predicted molar refractivity (Wildman–Crippen MR) is 116 cm³/mol. The van der Waals surface area contributed by atoms with Crippen molar-refractivity contribution in [3.8, 4) is 0 Å². The molecule has 146 valence electrons. The number of pyridine rings is 1. The van der Waals surface area contributed by atoms with Crippen molar-refractivity contribution in [2.24, 2.45) is 0 Å². The van der Waals surface area contributed by atoms with Crippen molar-refractivity contribution in [2.75, 3.05) is 0 Å². The number of thiophene rings is 1. The van der Waals surface area contributed by atoms with Gasteiger partial charge < -0.3 is 0 Å². The van der Waals surface area contributed by atoms with Gasteiger partial charge >= 0.3 is 0 Å². The van der Waals surface area contributed by atoms with E-state index in [9.17, 15) is 9.59 Å². The molecule has 1 aliphatic rings. The van der Waals surface area contributed by atoms with Crippen LogP contribution in [0.1, 0.15) is 53.4 Å². The molecular weight excluding hydrogens is 382 g/mol. The molecule has 3 heterocycles. The molecule has 0 amide bonds. The number of aromatic nitrogens is 3. The first-order chi connectivity index (χ1) is 14.0. The highest BCUT2D eigenvalue weighted by atomic mass is 32.1. The number of ketones is 1. The second-order valence-electron chi connectivity index (χ2n) is 7.89. The minimum atomic E-state index is -0.167. The van der Waals surface area contributed by atoms with Crippen LogP contribution in [0.15, 0.2) is 41.5 Å². The number of carbonyl (C=O) groups is 1. The highest BCUT2D eigenvalue weighted by Gasteiger charge is 2.25. The molecule has 5 rings (SSSR count). The molecule has 0 bridgehead atoms. The Morgan fingerprint density at radius 2 is 1.93 bits per heavy atom. The van der Waals surface area contributed by atoms with Crippen molar-refractivity contribution < 1.29 is 4.79 Å². The summed E-state index contributed by atoms with van der Waals surface area (Å²) in [6.07, 6.45) is 4.69. The standard InChI is InChI=1S/C23H21N3O2S/c1-13(2)19-16-10-6-9-15(16)18-20-21(29-22(18)25-19)23(28)26(12-24-20)11-17(27)14-7-4-3-5-8-14/h3-5,7-8,12-13H,6,9-11H2,1-2H3. The molecule has 1 aromatic carbocycles. The quantitative estimate of drug-likeness (QED) is 0.471. The van der Waals surface area contributed by atoms with Crippen LogP contribution in [0.2, 0.25) is 0 Å². The highest BCUT2D eigenvalue weighted by molar-refractivity contribution is 7.25. The zero-order valence-corrected chi connectivity index (χ0v) is 17.3. The van der Waals surface area contributed by atoms with E-state index in [0.717, 1.165) is 40.7 Å². The Labute approximate surface area is 172 Å². The third kappa shape index (κ3) is 2.90. The fraction of sp³-hybridized carbons (Fsp3) is 0.304. The van der Waals surface area contributed by atoms with Crippen molar-refractivity contribution in [3.63, 3.8) is 0 Å². The van der Waals surface area contributed by atoms with Crippen LogP contribution in [-0.4, -0.2) is 20.3 Å². The van der Waals surface area contributed by atoms with E-state index in [-0.39, 0.29) is 17.9 Å². The third-order valence-electron chi connectivity index (χ3n) is 5.65. The zero-order chi connectivity index (χ0) is 20.1. The van der Waals surface area contributed by atoms with Crippen molar-refractivity contribution in [2.45, 2.75) is 45.6 Å². The number of rotatable bonds is 4. The summed E-state index contributed by atoms with van der Waals surface area (Å²) < 4.78 is 2.00. The fourth-order valence-corrected chi connectivity index (χ4v) is 5.39. The Hall–Kier alpha value is -2.86. The molecule has 29 heavy (non-hydrogen) atoms. The smallest absolute Gasteiger partial charge is 0.271 e. The summed E-state index contributed by atoms with van der Waals surface area (Å²) >= 11 is 1.40. The molecule has 3 aromatic heterocycles. The van der Waals surface area contributed by atoms with E-state index in [1.807, 2.05) is 18.2 Å². The summed E-state index contributed by atoms with van der Waals surface area (Å²) in [6, 6.07) is 9.04. The van der Waals surface area contributed by atoms with Gasteiger partial charge in [0.25, 0.3) is 5.56 Å². The van der Waals surface area contributed by atoms with E-state index in [2.05, 4.69) is 18.8 Å². The topological polar surface area (TPSA) is 64.8 Å². The number of hydrogen-bond donors (Lipinski definition) is 0. The molecule has 0 radical (unpaired) electrons. The summed E-state index contributed by atoms with van der Waals surface area (Å²) in [6.45, 7) is 4.32. The Balaban J connectivity index is 1.66. The van der Waals surface area contributed by atoms with Crippen LogP contribution in [0.25, 0.3) is 20.4 Å². The van der Waals surface area contributed by atoms with E-state index in [1.54, 1.807) is 12.1 Å². The van der Waals surface area contributed by atoms with Crippen LogP contribution in [-0.2, 0) is 19.4 Å². The highest BCUT2D eigenvalue weighted by Crippen LogP contribution is 2.39. The minimum Gasteiger partial charge on any atom is -0.292 e. The summed E-state index contributed by atoms with van der Waals surface area (Å²) in [7, 11) is 0. The van der Waals surface area contributed by atoms with E-state index < -0.39 is 0 Å². The van der Waals surface area contributed by atoms with Gasteiger partial charge in [0.1, 0.15) is 9.53 Å². The lowest BCUT2D eigenvalue weighted by Crippen LogP contribution is -2.24. The van der Waals surface area contributed by atoms with Gasteiger partial charge in [-0.3, -0.25) is 14.2 Å². The fourth-order valence-electron chi connectivity index (χ4n) is 4.28. The molecule has 4 aromatic rings. The van der Waals surface area contributed by atoms with Crippen LogP contribution < -0.4 is 5.56 Å². The molecule has 0 unspecified atom stereocenters. The van der Waals surface area contributed by atoms with Gasteiger partial charge in [0.15, 0.2) is 5.78 Å². The van der Waals surface area contributed by atoms with Crippen molar-refractivity contribution in [3.05, 3.63) is 69.4 Å². The number of carbonyl (C=O) groups excluding carboxylic acids is 1. The maximum Gasteiger partial charge on any atom is 0.271 e. The van der Waals surface area contributed by atoms with Gasteiger partial charge in [0, 0.05) is 16.6 Å². The van der Waals surface area contributed by atoms with Crippen molar-refractivity contribution in [1.29, 1.82) is 0 Å². The third-order valence-corrected chi connectivity index (χ3v) is 6.71. The lowest BCUT2D eigenvalue weighted by atomic mass is 9.99. The van der Waals surface area contributed by atoms with Crippen LogP contribution >= 0.6 is 11.3 Å². The number of Topliss-reactive ketones (excluding diaryl/α,β-unsaturated/α-hetero) is 1. The van der Waals surface area contributed by atoms with E-state index in [1.165, 1.54) is 33.4 Å². The van der Waals surface area contributed by atoms with Gasteiger partial charge in [0.05, 0.1) is 18.4 Å². The Morgan fingerprint density at radius 3 is 2.69 bits per heavy atom. The van der Waals surface area contributed by atoms with Gasteiger partial charge in [-0.25, -0.2) is 9.97 Å². The molecule has 0 fully saturated rings. The number of aryl methyl sites for hydroxylation is 1. The molecule has 0 saturated carbocycles. The molecular formula is C23H21N3O2S. The molecule has 0 N–H and O–H groups in total. The maximum absolute atomic E-state index is 13.1. The first-order valence-electron chi connectivity index (χ1n) is 9.96. The summed E-state index contributed by atoms with van der Waals surface area (Å²) in [5.41, 5.74) is 4.97. The van der Waals surface area contributed by atoms with Crippen LogP contribution in [0.5, 0.6) is 0 Å². The van der Waals surface area contributed by atoms with Crippen molar-refractivity contribution in [1.82, 2.24) is 14.5 Å². The molecule has 0 aliphatic heterocycles. The van der Waals surface area contributed by atoms with Gasteiger partial charge in [0.2, 0.25) is 0 Å². The SMILES string of the molecule is CC(C)c1nc2sc3c(=O)n(CC(=O)c4ccccc4)cnc3c2c2c1CCC2. The Morgan fingerprint density at radius 1 is 1.17 bits per heavy atom. The second-order valence-corrected chi connectivity index (χ2v) is 8.89. The van der Waals surface area contributed by atoms with E-state index in [0.29, 0.717) is 16.2 Å². The Kier molecular flexibility index (Phi) is 4.32. The maximum atomic E-state index is 13.1. The van der Waals surface area contributed by atoms with Crippen molar-refractivity contribution >= 4 is 37.6 Å². The zero-order valence-electron chi connectivity index (χ0n) is 16.4. The second kappa shape index (κ2) is 6.88. The molecule has 0 saturated heterocycles. The van der Waals surface area contributed by atoms with Gasteiger partial charge in [-0.1, -0.05) is 44.2 Å². The predicted octanol–water partition coefficient (Wildman–Crippen LogP) is 4.50. The number of fused-ring (bicyclic) bond motifs is 5. The number of hydrogen-bond acceptors (Lipinski definition) is 5. The Bertz CT molecular complexity index is 1320. The van der Waals surface area contributed by atoms with E-state index in [4.69, 9.17) is 4.98 Å². The van der Waals surface area contributed by atoms with Gasteiger partial charge in [-0.15, -0.1) is 11.3 Å². The van der Waals surface area contributed by atoms with Crippen LogP contribution in [0, 0.1) is 0 Å². The molecule has 0 atom stereocenters. The first kappa shape index (κ1) is 18.2. The largest absolute Gasteiger partial charge is 0.292 e. The monoisotopic (exact) mass is 403 g/mol. The minimum absolute atomic E-state index is 0.0111. The summed E-state index contributed by atoms with van der Waals surface area (Å²) in [5.74, 6) is 0.251. The number of benzene rings is 1. The van der Waals surface area contributed by atoms with Gasteiger partial charge in [-0.2, -0.15) is 0 Å². The molecule has 0 spiro atoms. The average Bonchev–Trinajstić information content (AvgIpc) is 3.34. The normalized spacial score (nSPS) is 13.5. The lowest BCUT2D eigenvalue weighted by Gasteiger charge is -2.11. The average molecular weight is 404 g/mol. The molecule has 1 aliphatic carbocycles. The molecule has 5 nitrogen and oxygen atoms in total.